The van der Waals surface area contributed by atoms with Gasteiger partial charge in [-0.1, -0.05) is 73.4 Å². The second kappa shape index (κ2) is 5.46. The minimum atomic E-state index is 0.0623. The Labute approximate surface area is 133 Å². The summed E-state index contributed by atoms with van der Waals surface area (Å²) in [4.78, 5) is 0. The standard InChI is InChI=1S/C15H21Br2Cl/c1-14(2,3)10-7-11(16)9(8-18)12(13(10)17)15(4,5)6/h7H,8H2,1-6H3. The molecule has 0 heterocycles. The Balaban J connectivity index is 3.71. The molecule has 0 saturated carbocycles. The Morgan fingerprint density at radius 1 is 1.00 bits per heavy atom. The van der Waals surface area contributed by atoms with E-state index >= 15 is 0 Å². The normalized spacial score (nSPS) is 12.9. The quantitative estimate of drug-likeness (QED) is 0.472. The van der Waals surface area contributed by atoms with Crippen molar-refractivity contribution in [2.75, 3.05) is 0 Å². The van der Waals surface area contributed by atoms with Crippen LogP contribution in [0.25, 0.3) is 0 Å². The summed E-state index contributed by atoms with van der Waals surface area (Å²) < 4.78 is 2.30. The zero-order chi connectivity index (χ0) is 14.3. The maximum atomic E-state index is 6.13. The molecule has 18 heavy (non-hydrogen) atoms. The van der Waals surface area contributed by atoms with Crippen LogP contribution < -0.4 is 0 Å². The van der Waals surface area contributed by atoms with Crippen molar-refractivity contribution in [1.82, 2.24) is 0 Å². The van der Waals surface area contributed by atoms with Crippen LogP contribution in [0.15, 0.2) is 15.0 Å². The van der Waals surface area contributed by atoms with Crippen LogP contribution in [0, 0.1) is 0 Å². The van der Waals surface area contributed by atoms with Gasteiger partial charge in [0.05, 0.1) is 0 Å². The summed E-state index contributed by atoms with van der Waals surface area (Å²) in [6.07, 6.45) is 0. The number of hydrogen-bond donors (Lipinski definition) is 0. The topological polar surface area (TPSA) is 0 Å². The van der Waals surface area contributed by atoms with Crippen LogP contribution in [0.2, 0.25) is 0 Å². The summed E-state index contributed by atoms with van der Waals surface area (Å²) in [6.45, 7) is 13.4. The minimum absolute atomic E-state index is 0.0623. The molecule has 1 rings (SSSR count). The molecule has 0 unspecified atom stereocenters. The summed E-state index contributed by atoms with van der Waals surface area (Å²) in [5.41, 5.74) is 3.97. The first-order valence-corrected chi connectivity index (χ1v) is 8.20. The summed E-state index contributed by atoms with van der Waals surface area (Å²) >= 11 is 13.6. The van der Waals surface area contributed by atoms with Gasteiger partial charge in [0.2, 0.25) is 0 Å². The van der Waals surface area contributed by atoms with E-state index in [1.165, 1.54) is 21.2 Å². The molecule has 0 atom stereocenters. The Hall–Kier alpha value is 0.470. The van der Waals surface area contributed by atoms with Crippen molar-refractivity contribution < 1.29 is 0 Å². The number of rotatable bonds is 1. The SMILES string of the molecule is CC(C)(C)c1cc(Br)c(CCl)c(C(C)(C)C)c1Br. The lowest BCUT2D eigenvalue weighted by atomic mass is 9.78. The van der Waals surface area contributed by atoms with Crippen molar-refractivity contribution in [2.45, 2.75) is 58.3 Å². The number of benzene rings is 1. The van der Waals surface area contributed by atoms with Crippen molar-refractivity contribution in [3.05, 3.63) is 31.7 Å². The minimum Gasteiger partial charge on any atom is -0.121 e. The Morgan fingerprint density at radius 2 is 1.50 bits per heavy atom. The zero-order valence-corrected chi connectivity index (χ0v) is 15.8. The van der Waals surface area contributed by atoms with E-state index in [-0.39, 0.29) is 10.8 Å². The van der Waals surface area contributed by atoms with E-state index in [2.05, 4.69) is 79.5 Å². The molecule has 0 aromatic heterocycles. The number of hydrogen-bond acceptors (Lipinski definition) is 0. The lowest BCUT2D eigenvalue weighted by molar-refractivity contribution is 0.558. The Bertz CT molecular complexity index is 451. The van der Waals surface area contributed by atoms with Crippen LogP contribution in [0.1, 0.15) is 58.2 Å². The maximum absolute atomic E-state index is 6.13. The summed E-state index contributed by atoms with van der Waals surface area (Å²) in [7, 11) is 0. The van der Waals surface area contributed by atoms with Gasteiger partial charge in [-0.2, -0.15) is 0 Å². The third-order valence-corrected chi connectivity index (χ3v) is 4.81. The molecule has 0 amide bonds. The second-order valence-electron chi connectivity index (χ2n) is 6.71. The fourth-order valence-corrected chi connectivity index (χ4v) is 4.67. The molecular weight excluding hydrogens is 375 g/mol. The van der Waals surface area contributed by atoms with Crippen LogP contribution in [-0.4, -0.2) is 0 Å². The van der Waals surface area contributed by atoms with Gasteiger partial charge in [0.25, 0.3) is 0 Å². The van der Waals surface area contributed by atoms with Crippen molar-refractivity contribution in [3.63, 3.8) is 0 Å². The Morgan fingerprint density at radius 3 is 1.83 bits per heavy atom. The van der Waals surface area contributed by atoms with E-state index in [9.17, 15) is 0 Å². The number of halogens is 3. The van der Waals surface area contributed by atoms with Gasteiger partial charge in [0, 0.05) is 14.8 Å². The lowest BCUT2D eigenvalue weighted by Gasteiger charge is -2.30. The first-order valence-electron chi connectivity index (χ1n) is 6.08. The van der Waals surface area contributed by atoms with Crippen molar-refractivity contribution in [2.24, 2.45) is 0 Å². The van der Waals surface area contributed by atoms with Crippen molar-refractivity contribution in [3.8, 4) is 0 Å². The predicted octanol–water partition coefficient (Wildman–Crippen LogP) is 6.55. The molecule has 0 aliphatic rings. The third kappa shape index (κ3) is 3.32. The molecule has 1 aromatic rings. The first-order chi connectivity index (χ1) is 8.00. The molecule has 1 aromatic carbocycles. The predicted molar refractivity (Wildman–Crippen MR) is 88.8 cm³/mol. The molecule has 0 radical (unpaired) electrons. The van der Waals surface area contributed by atoms with Gasteiger partial charge in [0.15, 0.2) is 0 Å². The van der Waals surface area contributed by atoms with E-state index in [0.29, 0.717) is 5.88 Å². The average Bonchev–Trinajstić information content (AvgIpc) is 2.16. The molecule has 0 aliphatic carbocycles. The fraction of sp³-hybridized carbons (Fsp3) is 0.600. The van der Waals surface area contributed by atoms with E-state index in [1.54, 1.807) is 0 Å². The van der Waals surface area contributed by atoms with E-state index in [4.69, 9.17) is 11.6 Å². The Kier molecular flexibility index (Phi) is 5.01. The molecule has 0 saturated heterocycles. The fourth-order valence-electron chi connectivity index (χ4n) is 2.12. The highest BCUT2D eigenvalue weighted by atomic mass is 79.9. The largest absolute Gasteiger partial charge is 0.121 e. The zero-order valence-electron chi connectivity index (χ0n) is 11.9. The monoisotopic (exact) mass is 394 g/mol. The van der Waals surface area contributed by atoms with Gasteiger partial charge < -0.3 is 0 Å². The van der Waals surface area contributed by atoms with Crippen LogP contribution >= 0.6 is 43.5 Å². The van der Waals surface area contributed by atoms with Gasteiger partial charge in [-0.15, -0.1) is 11.6 Å². The molecule has 0 N–H and O–H groups in total. The molecule has 0 bridgehead atoms. The summed E-state index contributed by atoms with van der Waals surface area (Å²) in [5.74, 6) is 0.524. The van der Waals surface area contributed by atoms with Crippen LogP contribution in [-0.2, 0) is 16.7 Å². The summed E-state index contributed by atoms with van der Waals surface area (Å²) in [6, 6.07) is 2.19. The highest BCUT2D eigenvalue weighted by molar-refractivity contribution is 9.11. The van der Waals surface area contributed by atoms with Gasteiger partial charge in [-0.3, -0.25) is 0 Å². The molecule has 0 nitrogen and oxygen atoms in total. The van der Waals surface area contributed by atoms with Gasteiger partial charge >= 0.3 is 0 Å². The van der Waals surface area contributed by atoms with Crippen molar-refractivity contribution in [1.29, 1.82) is 0 Å². The highest BCUT2D eigenvalue weighted by Crippen LogP contribution is 2.43. The number of alkyl halides is 1. The molecule has 0 spiro atoms. The van der Waals surface area contributed by atoms with E-state index in [1.807, 2.05) is 0 Å². The van der Waals surface area contributed by atoms with Crippen LogP contribution in [0.5, 0.6) is 0 Å². The van der Waals surface area contributed by atoms with Gasteiger partial charge in [-0.25, -0.2) is 0 Å². The molecule has 3 heteroatoms. The highest BCUT2D eigenvalue weighted by Gasteiger charge is 2.28. The lowest BCUT2D eigenvalue weighted by Crippen LogP contribution is -2.20. The first kappa shape index (κ1) is 16.5. The van der Waals surface area contributed by atoms with E-state index in [0.717, 1.165) is 4.47 Å². The smallest absolute Gasteiger partial charge is 0.0488 e. The average molecular weight is 397 g/mol. The van der Waals surface area contributed by atoms with Crippen LogP contribution in [0.3, 0.4) is 0 Å². The maximum Gasteiger partial charge on any atom is 0.0488 e. The summed E-state index contributed by atoms with van der Waals surface area (Å²) in [5, 5.41) is 0. The van der Waals surface area contributed by atoms with Gasteiger partial charge in [-0.05, 0) is 33.6 Å². The molecule has 0 aliphatic heterocycles. The third-order valence-electron chi connectivity index (χ3n) is 3.01. The van der Waals surface area contributed by atoms with Crippen molar-refractivity contribution >= 4 is 43.5 Å². The van der Waals surface area contributed by atoms with E-state index < -0.39 is 0 Å². The van der Waals surface area contributed by atoms with Gasteiger partial charge in [0.1, 0.15) is 0 Å². The van der Waals surface area contributed by atoms with Crippen LogP contribution in [0.4, 0.5) is 0 Å². The molecular formula is C15H21Br2Cl. The second-order valence-corrected chi connectivity index (χ2v) is 8.62. The molecule has 102 valence electrons. The molecule has 0 fully saturated rings.